The zero-order chi connectivity index (χ0) is 17.3. The summed E-state index contributed by atoms with van der Waals surface area (Å²) in [5.41, 5.74) is 2.57. The molecule has 2 aromatic heterocycles. The van der Waals surface area contributed by atoms with Gasteiger partial charge in [0.05, 0.1) is 17.8 Å². The molecule has 124 valence electrons. The van der Waals surface area contributed by atoms with Crippen LogP contribution in [0.5, 0.6) is 0 Å². The van der Waals surface area contributed by atoms with Gasteiger partial charge in [-0.1, -0.05) is 6.07 Å². The fourth-order valence-corrected chi connectivity index (χ4v) is 3.31. The molecule has 0 saturated heterocycles. The van der Waals surface area contributed by atoms with Crippen LogP contribution in [0.25, 0.3) is 21.5 Å². The highest BCUT2D eigenvalue weighted by atomic mass is 32.1. The van der Waals surface area contributed by atoms with E-state index in [1.807, 2.05) is 18.2 Å². The van der Waals surface area contributed by atoms with Crippen molar-refractivity contribution in [2.24, 2.45) is 0 Å². The Balaban J connectivity index is 2.00. The molecule has 0 fully saturated rings. The van der Waals surface area contributed by atoms with Crippen LogP contribution in [0.15, 0.2) is 18.2 Å². The van der Waals surface area contributed by atoms with E-state index >= 15 is 0 Å². The van der Waals surface area contributed by atoms with Gasteiger partial charge in [-0.2, -0.15) is 5.10 Å². The molecule has 0 aliphatic carbocycles. The molecule has 24 heavy (non-hydrogen) atoms. The Morgan fingerprint density at radius 1 is 1.38 bits per heavy atom. The van der Waals surface area contributed by atoms with Gasteiger partial charge >= 0.3 is 5.97 Å². The second-order valence-corrected chi connectivity index (χ2v) is 6.06. The van der Waals surface area contributed by atoms with Crippen molar-refractivity contribution in [3.05, 3.63) is 34.5 Å². The Kier molecular flexibility index (Phi) is 4.30. The molecule has 3 rings (SSSR count). The third kappa shape index (κ3) is 2.76. The quantitative estimate of drug-likeness (QED) is 0.709. The Labute approximate surface area is 142 Å². The van der Waals surface area contributed by atoms with Crippen LogP contribution < -0.4 is 5.32 Å². The van der Waals surface area contributed by atoms with E-state index in [-0.39, 0.29) is 11.9 Å². The molecule has 0 unspecified atom stereocenters. The first kappa shape index (κ1) is 16.1. The van der Waals surface area contributed by atoms with Crippen LogP contribution in [0.4, 0.5) is 0 Å². The number of H-pyrrole nitrogens is 1. The minimum Gasteiger partial charge on any atom is -0.462 e. The maximum atomic E-state index is 11.9. The summed E-state index contributed by atoms with van der Waals surface area (Å²) >= 11 is 1.29. The molecule has 0 spiro atoms. The molecule has 7 nitrogen and oxygen atoms in total. The Morgan fingerprint density at radius 2 is 2.17 bits per heavy atom. The van der Waals surface area contributed by atoms with E-state index in [0.717, 1.165) is 16.5 Å². The molecule has 2 N–H and O–H groups in total. The minimum atomic E-state index is -0.358. The molecule has 0 bridgehead atoms. The van der Waals surface area contributed by atoms with Crippen LogP contribution in [-0.2, 0) is 4.74 Å². The van der Waals surface area contributed by atoms with E-state index in [1.54, 1.807) is 20.9 Å². The molecule has 0 radical (unpaired) electrons. The standard InChI is InChI=1S/C16H16N4O3S/c1-4-23-16(22)13-8(2)18-15(24-13)9-5-6-10-11(7-9)19-20-12(10)14(21)17-3/h5-7H,4H2,1-3H3,(H,17,21)(H,19,20). The third-order valence-electron chi connectivity index (χ3n) is 3.51. The van der Waals surface area contributed by atoms with E-state index in [1.165, 1.54) is 11.3 Å². The lowest BCUT2D eigenvalue weighted by atomic mass is 10.1. The average Bonchev–Trinajstić information content (AvgIpc) is 3.17. The summed E-state index contributed by atoms with van der Waals surface area (Å²) in [6, 6.07) is 5.54. The first-order chi connectivity index (χ1) is 11.5. The molecule has 0 saturated carbocycles. The molecule has 1 amide bonds. The number of hydrogen-bond donors (Lipinski definition) is 2. The van der Waals surface area contributed by atoms with Crippen molar-refractivity contribution in [1.29, 1.82) is 0 Å². The van der Waals surface area contributed by atoms with Gasteiger partial charge < -0.3 is 10.1 Å². The number of aromatic nitrogens is 3. The van der Waals surface area contributed by atoms with Gasteiger partial charge in [0.25, 0.3) is 5.91 Å². The van der Waals surface area contributed by atoms with Crippen molar-refractivity contribution in [1.82, 2.24) is 20.5 Å². The highest BCUT2D eigenvalue weighted by molar-refractivity contribution is 7.17. The second kappa shape index (κ2) is 6.40. The first-order valence-electron chi connectivity index (χ1n) is 7.40. The van der Waals surface area contributed by atoms with E-state index in [0.29, 0.717) is 27.9 Å². The zero-order valence-corrected chi connectivity index (χ0v) is 14.3. The smallest absolute Gasteiger partial charge is 0.350 e. The monoisotopic (exact) mass is 344 g/mol. The van der Waals surface area contributed by atoms with Gasteiger partial charge in [-0.15, -0.1) is 11.3 Å². The fraction of sp³-hybridized carbons (Fsp3) is 0.250. The topological polar surface area (TPSA) is 97.0 Å². The maximum Gasteiger partial charge on any atom is 0.350 e. The summed E-state index contributed by atoms with van der Waals surface area (Å²) in [6.07, 6.45) is 0. The predicted octanol–water partition coefficient (Wildman–Crippen LogP) is 2.53. The SMILES string of the molecule is CCOC(=O)c1sc(-c2ccc3c(C(=O)NC)n[nH]c3c2)nc1C. The summed E-state index contributed by atoms with van der Waals surface area (Å²) in [5, 5.41) is 10.9. The van der Waals surface area contributed by atoms with E-state index < -0.39 is 0 Å². The van der Waals surface area contributed by atoms with E-state index in [2.05, 4.69) is 20.5 Å². The fourth-order valence-electron chi connectivity index (χ4n) is 2.35. The van der Waals surface area contributed by atoms with Crippen molar-refractivity contribution in [2.45, 2.75) is 13.8 Å². The molecule has 2 heterocycles. The summed E-state index contributed by atoms with van der Waals surface area (Å²) in [6.45, 7) is 3.88. The average molecular weight is 344 g/mol. The van der Waals surface area contributed by atoms with Gasteiger partial charge in [0.2, 0.25) is 0 Å². The van der Waals surface area contributed by atoms with Crippen molar-refractivity contribution >= 4 is 34.1 Å². The number of hydrogen-bond acceptors (Lipinski definition) is 6. The number of fused-ring (bicyclic) bond motifs is 1. The number of carbonyl (C=O) groups excluding carboxylic acids is 2. The van der Waals surface area contributed by atoms with E-state index in [4.69, 9.17) is 4.74 Å². The van der Waals surface area contributed by atoms with Crippen molar-refractivity contribution in [3.63, 3.8) is 0 Å². The number of thiazole rings is 1. The highest BCUT2D eigenvalue weighted by Crippen LogP contribution is 2.30. The Bertz CT molecular complexity index is 929. The minimum absolute atomic E-state index is 0.247. The van der Waals surface area contributed by atoms with Gasteiger partial charge in [0.1, 0.15) is 9.88 Å². The van der Waals surface area contributed by atoms with Gasteiger partial charge in [0.15, 0.2) is 5.69 Å². The summed E-state index contributed by atoms with van der Waals surface area (Å²) in [5.74, 6) is -0.605. The summed E-state index contributed by atoms with van der Waals surface area (Å²) in [7, 11) is 1.56. The maximum absolute atomic E-state index is 11.9. The van der Waals surface area contributed by atoms with Crippen LogP contribution in [0.3, 0.4) is 0 Å². The molecule has 0 aliphatic heterocycles. The molecule has 1 aromatic carbocycles. The number of esters is 1. The van der Waals surface area contributed by atoms with Gasteiger partial charge in [0, 0.05) is 18.0 Å². The van der Waals surface area contributed by atoms with Gasteiger partial charge in [-0.3, -0.25) is 9.89 Å². The normalized spacial score (nSPS) is 10.8. The number of benzene rings is 1. The van der Waals surface area contributed by atoms with Crippen LogP contribution in [0.2, 0.25) is 0 Å². The number of carbonyl (C=O) groups is 2. The Hall–Kier alpha value is -2.74. The van der Waals surface area contributed by atoms with Crippen molar-refractivity contribution in [2.75, 3.05) is 13.7 Å². The van der Waals surface area contributed by atoms with Gasteiger partial charge in [-0.25, -0.2) is 9.78 Å². The highest BCUT2D eigenvalue weighted by Gasteiger charge is 2.18. The number of nitrogens with zero attached hydrogens (tertiary/aromatic N) is 2. The Morgan fingerprint density at radius 3 is 2.88 bits per heavy atom. The number of rotatable bonds is 4. The summed E-state index contributed by atoms with van der Waals surface area (Å²) < 4.78 is 5.04. The third-order valence-corrected chi connectivity index (χ3v) is 4.70. The lowest BCUT2D eigenvalue weighted by Crippen LogP contribution is -2.18. The molecular weight excluding hydrogens is 328 g/mol. The molecule has 3 aromatic rings. The first-order valence-corrected chi connectivity index (χ1v) is 8.22. The molecule has 8 heteroatoms. The van der Waals surface area contributed by atoms with Gasteiger partial charge in [-0.05, 0) is 26.0 Å². The number of ether oxygens (including phenoxy) is 1. The van der Waals surface area contributed by atoms with Crippen molar-refractivity contribution in [3.8, 4) is 10.6 Å². The van der Waals surface area contributed by atoms with Crippen LogP contribution in [-0.4, -0.2) is 40.7 Å². The zero-order valence-electron chi connectivity index (χ0n) is 13.5. The molecular formula is C16H16N4O3S. The second-order valence-electron chi connectivity index (χ2n) is 5.07. The number of aromatic amines is 1. The lowest BCUT2D eigenvalue weighted by Gasteiger charge is -1.98. The van der Waals surface area contributed by atoms with Crippen LogP contribution in [0, 0.1) is 6.92 Å². The lowest BCUT2D eigenvalue weighted by molar-refractivity contribution is 0.0531. The number of amides is 1. The number of nitrogens with one attached hydrogen (secondary N) is 2. The number of aryl methyl sites for hydroxylation is 1. The summed E-state index contributed by atoms with van der Waals surface area (Å²) in [4.78, 5) is 28.6. The van der Waals surface area contributed by atoms with Crippen LogP contribution in [0.1, 0.15) is 32.8 Å². The van der Waals surface area contributed by atoms with Crippen molar-refractivity contribution < 1.29 is 14.3 Å². The largest absolute Gasteiger partial charge is 0.462 e. The van der Waals surface area contributed by atoms with Crippen LogP contribution >= 0.6 is 11.3 Å². The molecule has 0 aliphatic rings. The molecule has 0 atom stereocenters. The predicted molar refractivity (Wildman–Crippen MR) is 91.3 cm³/mol. The van der Waals surface area contributed by atoms with E-state index in [9.17, 15) is 9.59 Å².